The number of nitrogens with zero attached hydrogens (tertiary/aromatic N) is 5. The van der Waals surface area contributed by atoms with Crippen LogP contribution < -0.4 is 10.6 Å². The van der Waals surface area contributed by atoms with E-state index in [4.69, 9.17) is 0 Å². The van der Waals surface area contributed by atoms with Crippen molar-refractivity contribution < 1.29 is 18.6 Å². The molecule has 0 aliphatic heterocycles. The zero-order chi connectivity index (χ0) is 30.5. The first-order valence-electron chi connectivity index (χ1n) is 14.9. The van der Waals surface area contributed by atoms with Crippen LogP contribution in [0.3, 0.4) is 0 Å². The number of fused-ring (bicyclic) bond motifs is 1. The number of hydrogen-bond donors (Lipinski definition) is 4. The fraction of sp³-hybridized carbons (Fsp3) is 0.344. The molecular formula is C32H37N7O4S. The fourth-order valence-corrected chi connectivity index (χ4v) is 7.07. The van der Waals surface area contributed by atoms with Crippen LogP contribution in [0.15, 0.2) is 96.5 Å². The topological polar surface area (TPSA) is 147 Å². The molecule has 0 spiro atoms. The molecule has 4 N–H and O–H groups in total. The zero-order valence-corrected chi connectivity index (χ0v) is 25.1. The fourth-order valence-electron chi connectivity index (χ4n) is 5.94. The molecule has 1 aliphatic carbocycles. The first-order valence-corrected chi connectivity index (χ1v) is 16.4. The molecular weight excluding hydrogens is 578 g/mol. The van der Waals surface area contributed by atoms with E-state index in [0.717, 1.165) is 36.6 Å². The Morgan fingerprint density at radius 3 is 2.45 bits per heavy atom. The van der Waals surface area contributed by atoms with E-state index in [1.54, 1.807) is 30.5 Å². The Morgan fingerprint density at radius 1 is 0.909 bits per heavy atom. The molecule has 0 bridgehead atoms. The van der Waals surface area contributed by atoms with Crippen molar-refractivity contribution in [2.45, 2.75) is 42.4 Å². The normalized spacial score (nSPS) is 20.4. The van der Waals surface area contributed by atoms with Crippen molar-refractivity contribution in [1.82, 2.24) is 34.4 Å². The largest absolute Gasteiger partial charge is 0.390 e. The highest BCUT2D eigenvalue weighted by atomic mass is 32.2. The number of nitrogens with one attached hydrogen (secondary N) is 2. The molecule has 3 heterocycles. The Kier molecular flexibility index (Phi) is 9.14. The molecule has 4 atom stereocenters. The van der Waals surface area contributed by atoms with E-state index in [1.165, 1.54) is 30.2 Å². The maximum atomic E-state index is 13.1. The Labute approximate surface area is 256 Å². The lowest BCUT2D eigenvalue weighted by Crippen LogP contribution is -2.34. The number of hydrogen-bond acceptors (Lipinski definition) is 9. The standard InChI is InChI=1S/C32H37N7O4S/c40-30-24(19-34-15-7-14-33-16-12-23-8-3-1-4-9-23)18-29(31(30)41)38-21-27(26-20-35-22-36-32(26)38)28-13-17-39(37-28)44(42,43)25-10-5-2-6-11-25/h1-6,8-11,13,17,20-22,24,29-31,33-34,40-41H,7,12,14-16,18-19H2/t24-,29-,30-,31+/m1/s1. The highest BCUT2D eigenvalue weighted by molar-refractivity contribution is 7.89. The van der Waals surface area contributed by atoms with Gasteiger partial charge in [-0.15, -0.1) is 0 Å². The van der Waals surface area contributed by atoms with Crippen LogP contribution in [0, 0.1) is 5.92 Å². The minimum atomic E-state index is -3.86. The molecule has 44 heavy (non-hydrogen) atoms. The van der Waals surface area contributed by atoms with Gasteiger partial charge in [0.1, 0.15) is 18.1 Å². The van der Waals surface area contributed by atoms with Crippen molar-refractivity contribution in [2.75, 3.05) is 26.2 Å². The Bertz CT molecular complexity index is 1780. The third kappa shape index (κ3) is 6.30. The summed E-state index contributed by atoms with van der Waals surface area (Å²) < 4.78 is 29.0. The molecule has 12 heteroatoms. The monoisotopic (exact) mass is 615 g/mol. The summed E-state index contributed by atoms with van der Waals surface area (Å²) in [6.45, 7) is 3.22. The van der Waals surface area contributed by atoms with Gasteiger partial charge in [0, 0.05) is 42.0 Å². The summed E-state index contributed by atoms with van der Waals surface area (Å²) in [7, 11) is -3.86. The first-order chi connectivity index (χ1) is 21.4. The third-order valence-corrected chi connectivity index (χ3v) is 9.86. The van der Waals surface area contributed by atoms with Crippen LogP contribution in [0.2, 0.25) is 0 Å². The molecule has 5 aromatic rings. The summed E-state index contributed by atoms with van der Waals surface area (Å²) >= 11 is 0. The van der Waals surface area contributed by atoms with Gasteiger partial charge in [-0.1, -0.05) is 48.5 Å². The average Bonchev–Trinajstić information content (AvgIpc) is 3.76. The molecule has 230 valence electrons. The molecule has 0 amide bonds. The van der Waals surface area contributed by atoms with Gasteiger partial charge in [0.05, 0.1) is 22.7 Å². The van der Waals surface area contributed by atoms with E-state index >= 15 is 0 Å². The van der Waals surface area contributed by atoms with Crippen LogP contribution in [0.1, 0.15) is 24.4 Å². The van der Waals surface area contributed by atoms with Crippen LogP contribution in [0.25, 0.3) is 22.3 Å². The Morgan fingerprint density at radius 2 is 1.66 bits per heavy atom. The van der Waals surface area contributed by atoms with Crippen LogP contribution >= 0.6 is 0 Å². The predicted molar refractivity (Wildman–Crippen MR) is 167 cm³/mol. The average molecular weight is 616 g/mol. The molecule has 3 aromatic heterocycles. The van der Waals surface area contributed by atoms with Gasteiger partial charge in [0.25, 0.3) is 10.0 Å². The van der Waals surface area contributed by atoms with Gasteiger partial charge in [-0.05, 0) is 62.7 Å². The van der Waals surface area contributed by atoms with E-state index in [0.29, 0.717) is 35.3 Å². The lowest BCUT2D eigenvalue weighted by Gasteiger charge is -2.19. The van der Waals surface area contributed by atoms with Crippen LogP contribution in [-0.4, -0.2) is 80.7 Å². The highest BCUT2D eigenvalue weighted by Gasteiger charge is 2.42. The van der Waals surface area contributed by atoms with E-state index in [2.05, 4.69) is 50.0 Å². The van der Waals surface area contributed by atoms with Crippen molar-refractivity contribution in [3.05, 3.63) is 97.2 Å². The Hall–Kier alpha value is -3.94. The van der Waals surface area contributed by atoms with Gasteiger partial charge < -0.3 is 25.4 Å². The van der Waals surface area contributed by atoms with Crippen molar-refractivity contribution >= 4 is 21.1 Å². The summed E-state index contributed by atoms with van der Waals surface area (Å²) in [5.41, 5.74) is 2.99. The SMILES string of the molecule is O=S(=O)(c1ccccc1)n1ccc(-c2cn([C@@H]3C[C@H](CNCCCNCCc4ccccc4)[C@@H](O)[C@H]3O)c3ncncc23)n1. The molecule has 1 aliphatic rings. The summed E-state index contributed by atoms with van der Waals surface area (Å²) in [6, 6.07) is 19.8. The molecule has 0 unspecified atom stereocenters. The van der Waals surface area contributed by atoms with E-state index in [9.17, 15) is 18.6 Å². The smallest absolute Gasteiger partial charge is 0.282 e. The second kappa shape index (κ2) is 13.4. The number of aliphatic hydroxyl groups is 2. The molecule has 0 radical (unpaired) electrons. The molecule has 11 nitrogen and oxygen atoms in total. The van der Waals surface area contributed by atoms with Crippen LogP contribution in [0.4, 0.5) is 0 Å². The highest BCUT2D eigenvalue weighted by Crippen LogP contribution is 2.39. The van der Waals surface area contributed by atoms with Gasteiger partial charge in [0.2, 0.25) is 0 Å². The molecule has 0 saturated heterocycles. The van der Waals surface area contributed by atoms with Gasteiger partial charge in [-0.3, -0.25) is 0 Å². The van der Waals surface area contributed by atoms with Crippen molar-refractivity contribution in [2.24, 2.45) is 5.92 Å². The minimum absolute atomic E-state index is 0.140. The van der Waals surface area contributed by atoms with Crippen molar-refractivity contribution in [3.63, 3.8) is 0 Å². The number of rotatable bonds is 13. The lowest BCUT2D eigenvalue weighted by molar-refractivity contribution is 0.00695. The molecule has 1 saturated carbocycles. The second-order valence-electron chi connectivity index (χ2n) is 11.2. The number of aliphatic hydroxyl groups excluding tert-OH is 2. The number of benzene rings is 2. The quantitative estimate of drug-likeness (QED) is 0.147. The van der Waals surface area contributed by atoms with E-state index < -0.39 is 28.3 Å². The van der Waals surface area contributed by atoms with Gasteiger partial charge >= 0.3 is 0 Å². The summed E-state index contributed by atoms with van der Waals surface area (Å²) in [4.78, 5) is 8.79. The van der Waals surface area contributed by atoms with E-state index in [-0.39, 0.29) is 10.8 Å². The Balaban J connectivity index is 1.09. The minimum Gasteiger partial charge on any atom is -0.390 e. The molecule has 2 aromatic carbocycles. The number of aromatic nitrogens is 5. The summed E-state index contributed by atoms with van der Waals surface area (Å²) in [5.74, 6) is -0.140. The predicted octanol–water partition coefficient (Wildman–Crippen LogP) is 2.63. The van der Waals surface area contributed by atoms with Gasteiger partial charge in [0.15, 0.2) is 0 Å². The van der Waals surface area contributed by atoms with Gasteiger partial charge in [-0.2, -0.15) is 17.6 Å². The van der Waals surface area contributed by atoms with Crippen LogP contribution in [0.5, 0.6) is 0 Å². The molecule has 6 rings (SSSR count). The maximum Gasteiger partial charge on any atom is 0.282 e. The van der Waals surface area contributed by atoms with E-state index in [1.807, 2.05) is 16.8 Å². The summed E-state index contributed by atoms with van der Waals surface area (Å²) in [6.07, 6.45) is 6.95. The van der Waals surface area contributed by atoms with Crippen molar-refractivity contribution in [1.29, 1.82) is 0 Å². The zero-order valence-electron chi connectivity index (χ0n) is 24.3. The second-order valence-corrected chi connectivity index (χ2v) is 13.0. The molecule has 1 fully saturated rings. The maximum absolute atomic E-state index is 13.1. The summed E-state index contributed by atoms with van der Waals surface area (Å²) in [5, 5.41) is 34.0. The third-order valence-electron chi connectivity index (χ3n) is 8.30. The lowest BCUT2D eigenvalue weighted by atomic mass is 10.1. The van der Waals surface area contributed by atoms with Gasteiger partial charge in [-0.25, -0.2) is 9.97 Å². The van der Waals surface area contributed by atoms with Crippen molar-refractivity contribution in [3.8, 4) is 11.3 Å². The first kappa shape index (κ1) is 30.1. The van der Waals surface area contributed by atoms with Crippen LogP contribution in [-0.2, 0) is 16.4 Å².